The zero-order chi connectivity index (χ0) is 20.8. The molecule has 0 bridgehead atoms. The molecule has 4 aromatic rings. The molecular formula is C30H30. The highest BCUT2D eigenvalue weighted by Gasteiger charge is 2.15. The van der Waals surface area contributed by atoms with Crippen LogP contribution in [0.3, 0.4) is 0 Å². The number of rotatable bonds is 7. The van der Waals surface area contributed by atoms with Crippen molar-refractivity contribution in [3.8, 4) is 11.1 Å². The van der Waals surface area contributed by atoms with E-state index >= 15 is 0 Å². The molecule has 0 amide bonds. The molecule has 0 radical (unpaired) electrons. The zero-order valence-electron chi connectivity index (χ0n) is 18.0. The van der Waals surface area contributed by atoms with Gasteiger partial charge in [0.05, 0.1) is 0 Å². The van der Waals surface area contributed by atoms with Gasteiger partial charge in [-0.15, -0.1) is 0 Å². The second kappa shape index (κ2) is 9.59. The first-order chi connectivity index (χ1) is 14.8. The van der Waals surface area contributed by atoms with Gasteiger partial charge in [-0.3, -0.25) is 0 Å². The predicted molar refractivity (Wildman–Crippen MR) is 129 cm³/mol. The molecule has 0 heterocycles. The van der Waals surface area contributed by atoms with Gasteiger partial charge in [0.2, 0.25) is 0 Å². The molecule has 0 aliphatic heterocycles. The van der Waals surface area contributed by atoms with Crippen LogP contribution >= 0.6 is 0 Å². The maximum Gasteiger partial charge on any atom is 0.00869 e. The molecule has 0 nitrogen and oxygen atoms in total. The van der Waals surface area contributed by atoms with Gasteiger partial charge in [-0.25, -0.2) is 0 Å². The molecule has 0 aromatic heterocycles. The van der Waals surface area contributed by atoms with E-state index in [1.54, 1.807) is 0 Å². The van der Waals surface area contributed by atoms with Crippen molar-refractivity contribution < 1.29 is 0 Å². The average Bonchev–Trinajstić information content (AvgIpc) is 2.82. The lowest BCUT2D eigenvalue weighted by atomic mass is 9.86. The van der Waals surface area contributed by atoms with Crippen molar-refractivity contribution in [3.63, 3.8) is 0 Å². The smallest absolute Gasteiger partial charge is 0.00869 e. The van der Waals surface area contributed by atoms with E-state index < -0.39 is 0 Å². The molecule has 30 heavy (non-hydrogen) atoms. The van der Waals surface area contributed by atoms with E-state index in [0.29, 0.717) is 11.8 Å². The van der Waals surface area contributed by atoms with Crippen LogP contribution in [0.5, 0.6) is 0 Å². The standard InChI is InChI=1S/C30H30/c1-3-29(23-13-7-5-8-14-23)27-19-11-17-25(21-27)26-18-12-20-28(22-26)30(4-2)24-15-9-6-10-16-24/h5-22,29-30H,3-4H2,1-2H3. The van der Waals surface area contributed by atoms with E-state index in [-0.39, 0.29) is 0 Å². The second-order valence-electron chi connectivity index (χ2n) is 7.99. The van der Waals surface area contributed by atoms with Gasteiger partial charge in [0.25, 0.3) is 0 Å². The van der Waals surface area contributed by atoms with Crippen LogP contribution in [0.15, 0.2) is 109 Å². The number of benzene rings is 4. The third kappa shape index (κ3) is 4.39. The lowest BCUT2D eigenvalue weighted by molar-refractivity contribution is 0.776. The van der Waals surface area contributed by atoms with E-state index in [2.05, 4.69) is 123 Å². The summed E-state index contributed by atoms with van der Waals surface area (Å²) in [6.07, 6.45) is 2.19. The molecule has 0 saturated heterocycles. The Bertz CT molecular complexity index is 974. The molecule has 0 saturated carbocycles. The quantitative estimate of drug-likeness (QED) is 0.297. The summed E-state index contributed by atoms with van der Waals surface area (Å²) in [7, 11) is 0. The van der Waals surface area contributed by atoms with Gasteiger partial charge in [0.15, 0.2) is 0 Å². The first-order valence-corrected chi connectivity index (χ1v) is 11.1. The zero-order valence-corrected chi connectivity index (χ0v) is 18.0. The summed E-state index contributed by atoms with van der Waals surface area (Å²) in [6.45, 7) is 4.55. The van der Waals surface area contributed by atoms with Crippen LogP contribution in [0.25, 0.3) is 11.1 Å². The fraction of sp³-hybridized carbons (Fsp3) is 0.200. The summed E-state index contributed by atoms with van der Waals surface area (Å²) < 4.78 is 0. The van der Waals surface area contributed by atoms with Gasteiger partial charge in [-0.05, 0) is 46.2 Å². The van der Waals surface area contributed by atoms with Crippen molar-refractivity contribution in [2.24, 2.45) is 0 Å². The van der Waals surface area contributed by atoms with Crippen LogP contribution in [0.4, 0.5) is 0 Å². The van der Waals surface area contributed by atoms with Crippen molar-refractivity contribution in [2.45, 2.75) is 38.5 Å². The predicted octanol–water partition coefficient (Wildman–Crippen LogP) is 8.44. The Morgan fingerprint density at radius 2 is 0.800 bits per heavy atom. The third-order valence-electron chi connectivity index (χ3n) is 6.13. The molecule has 4 rings (SSSR count). The summed E-state index contributed by atoms with van der Waals surface area (Å²) >= 11 is 0. The Morgan fingerprint density at radius 1 is 0.433 bits per heavy atom. The molecule has 0 aliphatic carbocycles. The normalized spacial score (nSPS) is 13.0. The Hall–Kier alpha value is -3.12. The SMILES string of the molecule is CCC(c1ccccc1)c1cccc(-c2cccc(C(CC)c3ccccc3)c2)c1. The summed E-state index contributed by atoms with van der Waals surface area (Å²) in [5.74, 6) is 0.865. The first kappa shape index (κ1) is 20.2. The molecule has 0 aliphatic rings. The Kier molecular flexibility index (Phi) is 6.44. The molecule has 150 valence electrons. The van der Waals surface area contributed by atoms with E-state index in [4.69, 9.17) is 0 Å². The van der Waals surface area contributed by atoms with Gasteiger partial charge < -0.3 is 0 Å². The maximum atomic E-state index is 2.38. The van der Waals surface area contributed by atoms with E-state index in [1.165, 1.54) is 33.4 Å². The van der Waals surface area contributed by atoms with Crippen LogP contribution in [-0.2, 0) is 0 Å². The Balaban J connectivity index is 1.68. The Labute approximate surface area is 181 Å². The summed E-state index contributed by atoms with van der Waals surface area (Å²) in [5.41, 5.74) is 8.16. The summed E-state index contributed by atoms with van der Waals surface area (Å²) in [6, 6.07) is 39.9. The van der Waals surface area contributed by atoms with E-state index in [0.717, 1.165) is 12.8 Å². The van der Waals surface area contributed by atoms with Crippen molar-refractivity contribution in [2.75, 3.05) is 0 Å². The van der Waals surface area contributed by atoms with E-state index in [9.17, 15) is 0 Å². The highest BCUT2D eigenvalue weighted by atomic mass is 14.2. The molecule has 0 N–H and O–H groups in total. The van der Waals surface area contributed by atoms with Gasteiger partial charge >= 0.3 is 0 Å². The van der Waals surface area contributed by atoms with Crippen LogP contribution in [0, 0.1) is 0 Å². The maximum absolute atomic E-state index is 2.38. The lowest BCUT2D eigenvalue weighted by Crippen LogP contribution is -2.01. The van der Waals surface area contributed by atoms with Crippen LogP contribution in [0.1, 0.15) is 60.8 Å². The fourth-order valence-corrected chi connectivity index (χ4v) is 4.57. The largest absolute Gasteiger partial charge is 0.0645 e. The van der Waals surface area contributed by atoms with Crippen molar-refractivity contribution in [1.82, 2.24) is 0 Å². The highest BCUT2D eigenvalue weighted by Crippen LogP contribution is 2.33. The first-order valence-electron chi connectivity index (χ1n) is 11.1. The molecule has 2 atom stereocenters. The second-order valence-corrected chi connectivity index (χ2v) is 7.99. The summed E-state index contributed by atoms with van der Waals surface area (Å²) in [5, 5.41) is 0. The minimum Gasteiger partial charge on any atom is -0.0645 e. The lowest BCUT2D eigenvalue weighted by Gasteiger charge is -2.19. The number of hydrogen-bond donors (Lipinski definition) is 0. The molecule has 0 heteroatoms. The van der Waals surface area contributed by atoms with Crippen LogP contribution < -0.4 is 0 Å². The average molecular weight is 391 g/mol. The van der Waals surface area contributed by atoms with Gasteiger partial charge in [0, 0.05) is 11.8 Å². The fourth-order valence-electron chi connectivity index (χ4n) is 4.57. The van der Waals surface area contributed by atoms with E-state index in [1.807, 2.05) is 0 Å². The van der Waals surface area contributed by atoms with Crippen molar-refractivity contribution in [1.29, 1.82) is 0 Å². The van der Waals surface area contributed by atoms with Crippen LogP contribution in [0.2, 0.25) is 0 Å². The van der Waals surface area contributed by atoms with Crippen molar-refractivity contribution >= 4 is 0 Å². The minimum absolute atomic E-state index is 0.432. The summed E-state index contributed by atoms with van der Waals surface area (Å²) in [4.78, 5) is 0. The number of hydrogen-bond acceptors (Lipinski definition) is 0. The van der Waals surface area contributed by atoms with Crippen molar-refractivity contribution in [3.05, 3.63) is 131 Å². The van der Waals surface area contributed by atoms with Gasteiger partial charge in [-0.1, -0.05) is 123 Å². The molecule has 0 fully saturated rings. The molecular weight excluding hydrogens is 360 g/mol. The highest BCUT2D eigenvalue weighted by molar-refractivity contribution is 5.66. The molecule has 4 aromatic carbocycles. The van der Waals surface area contributed by atoms with Gasteiger partial charge in [0.1, 0.15) is 0 Å². The molecule has 2 unspecified atom stereocenters. The molecule has 0 spiro atoms. The van der Waals surface area contributed by atoms with Gasteiger partial charge in [-0.2, -0.15) is 0 Å². The monoisotopic (exact) mass is 390 g/mol. The minimum atomic E-state index is 0.432. The topological polar surface area (TPSA) is 0 Å². The van der Waals surface area contributed by atoms with Crippen LogP contribution in [-0.4, -0.2) is 0 Å². The third-order valence-corrected chi connectivity index (χ3v) is 6.13. The Morgan fingerprint density at radius 3 is 1.17 bits per heavy atom.